The van der Waals surface area contributed by atoms with Gasteiger partial charge in [0.2, 0.25) is 0 Å². The third-order valence-corrected chi connectivity index (χ3v) is 7.95. The molecule has 0 aromatic rings. The summed E-state index contributed by atoms with van der Waals surface area (Å²) in [4.78, 5) is 12.4. The van der Waals surface area contributed by atoms with E-state index in [4.69, 9.17) is 0 Å². The molecule has 1 N–H and O–H groups in total. The van der Waals surface area contributed by atoms with Crippen molar-refractivity contribution in [1.29, 1.82) is 0 Å². The summed E-state index contributed by atoms with van der Waals surface area (Å²) in [6.07, 6.45) is 7.07. The van der Waals surface area contributed by atoms with Crippen LogP contribution in [0.4, 0.5) is 0 Å². The monoisotopic (exact) mass is 351 g/mol. The summed E-state index contributed by atoms with van der Waals surface area (Å²) in [5, 5.41) is 3.71. The van der Waals surface area contributed by atoms with E-state index < -0.39 is 0 Å². The second-order valence-electron chi connectivity index (χ2n) is 7.93. The second kappa shape index (κ2) is 7.42. The van der Waals surface area contributed by atoms with Crippen LogP contribution in [0.15, 0.2) is 4.99 Å². The summed E-state index contributed by atoms with van der Waals surface area (Å²) in [5.41, 5.74) is 0. The van der Waals surface area contributed by atoms with E-state index in [-0.39, 0.29) is 0 Å². The normalized spacial score (nSPS) is 36.1. The largest absolute Gasteiger partial charge is 0.355 e. The molecule has 4 aliphatic heterocycles. The number of guanidine groups is 1. The van der Waals surface area contributed by atoms with E-state index in [0.29, 0.717) is 10.8 Å². The average Bonchev–Trinajstić information content (AvgIpc) is 2.64. The highest BCUT2D eigenvalue weighted by Crippen LogP contribution is 2.42. The molecular weight excluding hydrogens is 318 g/mol. The lowest BCUT2D eigenvalue weighted by Gasteiger charge is -2.48. The minimum Gasteiger partial charge on any atom is -0.355 e. The molecule has 4 heterocycles. The van der Waals surface area contributed by atoms with Crippen LogP contribution in [0.2, 0.25) is 0 Å². The van der Waals surface area contributed by atoms with Crippen LogP contribution in [0.3, 0.4) is 0 Å². The van der Waals surface area contributed by atoms with E-state index in [1.54, 1.807) is 0 Å². The molecule has 1 aliphatic carbocycles. The fourth-order valence-electron chi connectivity index (χ4n) is 4.98. The third kappa shape index (κ3) is 3.56. The maximum absolute atomic E-state index is 4.63. The van der Waals surface area contributed by atoms with Crippen molar-refractivity contribution in [1.82, 2.24) is 20.0 Å². The number of fused-ring (bicyclic) bond motifs is 3. The Kier molecular flexibility index (Phi) is 5.25. The van der Waals surface area contributed by atoms with Gasteiger partial charge in [0.15, 0.2) is 5.96 Å². The number of rotatable bonds is 2. The first-order chi connectivity index (χ1) is 11.8. The van der Waals surface area contributed by atoms with Crippen LogP contribution in [0, 0.1) is 0 Å². The van der Waals surface area contributed by atoms with Crippen molar-refractivity contribution < 1.29 is 0 Å². The molecule has 4 saturated heterocycles. The van der Waals surface area contributed by atoms with Gasteiger partial charge in [-0.05, 0) is 12.8 Å². The van der Waals surface area contributed by atoms with Gasteiger partial charge in [0, 0.05) is 75.9 Å². The lowest BCUT2D eigenvalue weighted by atomic mass is 9.87. The van der Waals surface area contributed by atoms with Crippen molar-refractivity contribution in [3.63, 3.8) is 0 Å². The molecule has 24 heavy (non-hydrogen) atoms. The molecule has 0 aromatic carbocycles. The average molecular weight is 352 g/mol. The van der Waals surface area contributed by atoms with E-state index >= 15 is 0 Å². The molecule has 2 bridgehead atoms. The molecule has 1 unspecified atom stereocenters. The number of hydrogen-bond donors (Lipinski definition) is 1. The molecule has 0 radical (unpaired) electrons. The molecule has 0 amide bonds. The third-order valence-electron chi connectivity index (χ3n) is 6.41. The van der Waals surface area contributed by atoms with Gasteiger partial charge in [0.1, 0.15) is 0 Å². The fourth-order valence-corrected chi connectivity index (χ4v) is 6.55. The topological polar surface area (TPSA) is 34.1 Å². The maximum Gasteiger partial charge on any atom is 0.193 e. The Morgan fingerprint density at radius 1 is 1.12 bits per heavy atom. The number of nitrogens with one attached hydrogen (secondary N) is 1. The van der Waals surface area contributed by atoms with E-state index in [0.717, 1.165) is 19.0 Å². The van der Waals surface area contributed by atoms with Crippen molar-refractivity contribution in [2.45, 2.75) is 42.9 Å². The molecule has 5 nitrogen and oxygen atoms in total. The van der Waals surface area contributed by atoms with Crippen molar-refractivity contribution in [3.05, 3.63) is 0 Å². The summed E-state index contributed by atoms with van der Waals surface area (Å²) in [5.74, 6) is 2.39. The van der Waals surface area contributed by atoms with Crippen LogP contribution < -0.4 is 5.32 Å². The van der Waals surface area contributed by atoms with E-state index in [2.05, 4.69) is 36.8 Å². The van der Waals surface area contributed by atoms with Gasteiger partial charge in [-0.3, -0.25) is 14.8 Å². The number of aliphatic imine (C=N–C) groups is 1. The first kappa shape index (κ1) is 17.0. The number of thioether (sulfide) groups is 1. The first-order valence-electron chi connectivity index (χ1n) is 9.84. The van der Waals surface area contributed by atoms with Gasteiger partial charge in [0.05, 0.1) is 0 Å². The zero-order valence-electron chi connectivity index (χ0n) is 15.2. The van der Waals surface area contributed by atoms with Gasteiger partial charge in [0.25, 0.3) is 0 Å². The minimum atomic E-state index is 0.507. The van der Waals surface area contributed by atoms with Crippen LogP contribution >= 0.6 is 11.8 Å². The summed E-state index contributed by atoms with van der Waals surface area (Å²) in [7, 11) is 1.95. The van der Waals surface area contributed by atoms with Gasteiger partial charge in [-0.1, -0.05) is 19.3 Å². The van der Waals surface area contributed by atoms with Crippen LogP contribution in [-0.4, -0.2) is 96.6 Å². The van der Waals surface area contributed by atoms with Crippen LogP contribution in [0.1, 0.15) is 32.1 Å². The van der Waals surface area contributed by atoms with Gasteiger partial charge in [-0.25, -0.2) is 0 Å². The Labute approximate surface area is 151 Å². The fraction of sp³-hybridized carbons (Fsp3) is 0.944. The lowest BCUT2D eigenvalue weighted by Crippen LogP contribution is -2.64. The molecule has 1 atom stereocenters. The Bertz CT molecular complexity index is 449. The summed E-state index contributed by atoms with van der Waals surface area (Å²) in [6.45, 7) is 9.62. The predicted octanol–water partition coefficient (Wildman–Crippen LogP) is 1.31. The van der Waals surface area contributed by atoms with Crippen molar-refractivity contribution >= 4 is 17.7 Å². The second-order valence-corrected chi connectivity index (χ2v) is 9.50. The molecular formula is C18H33N5S. The molecule has 5 rings (SSSR count). The SMILES string of the molecule is CN=C(NCC1CN2CCN1CC2)N1CCSC2(CCCCC2)C1. The standard InChI is InChI=1S/C18H33N5S/c1-19-17(20-13-16-14-21-7-9-22(16)10-8-21)23-11-12-24-18(15-23)5-3-2-4-6-18/h16H,2-15H2,1H3,(H,19,20). The number of nitrogens with zero attached hydrogens (tertiary/aromatic N) is 4. The maximum atomic E-state index is 4.63. The zero-order valence-corrected chi connectivity index (χ0v) is 16.0. The molecule has 5 aliphatic rings. The summed E-state index contributed by atoms with van der Waals surface area (Å²) >= 11 is 2.23. The van der Waals surface area contributed by atoms with Crippen molar-refractivity contribution in [2.75, 3.05) is 65.2 Å². The number of piperazine rings is 3. The Morgan fingerprint density at radius 2 is 1.92 bits per heavy atom. The van der Waals surface area contributed by atoms with Crippen LogP contribution in [0.5, 0.6) is 0 Å². The quantitative estimate of drug-likeness (QED) is 0.599. The first-order valence-corrected chi connectivity index (χ1v) is 10.8. The Balaban J connectivity index is 1.33. The molecule has 1 saturated carbocycles. The summed E-state index contributed by atoms with van der Waals surface area (Å²) < 4.78 is 0.507. The Morgan fingerprint density at radius 3 is 2.58 bits per heavy atom. The highest BCUT2D eigenvalue weighted by Gasteiger charge is 2.38. The molecule has 6 heteroatoms. The molecule has 1 spiro atoms. The highest BCUT2D eigenvalue weighted by molar-refractivity contribution is 8.00. The van der Waals surface area contributed by atoms with Gasteiger partial charge < -0.3 is 10.2 Å². The van der Waals surface area contributed by atoms with E-state index in [1.807, 2.05) is 7.05 Å². The van der Waals surface area contributed by atoms with Crippen molar-refractivity contribution in [2.24, 2.45) is 4.99 Å². The Hall–Kier alpha value is -0.460. The smallest absolute Gasteiger partial charge is 0.193 e. The molecule has 136 valence electrons. The van der Waals surface area contributed by atoms with E-state index in [9.17, 15) is 0 Å². The van der Waals surface area contributed by atoms with Crippen molar-refractivity contribution in [3.8, 4) is 0 Å². The predicted molar refractivity (Wildman–Crippen MR) is 103 cm³/mol. The van der Waals surface area contributed by atoms with Gasteiger partial charge >= 0.3 is 0 Å². The minimum absolute atomic E-state index is 0.507. The zero-order chi connectivity index (χ0) is 16.4. The molecule has 0 aromatic heterocycles. The lowest BCUT2D eigenvalue weighted by molar-refractivity contribution is 0.0152. The van der Waals surface area contributed by atoms with Gasteiger partial charge in [-0.15, -0.1) is 0 Å². The highest BCUT2D eigenvalue weighted by atomic mass is 32.2. The van der Waals surface area contributed by atoms with Crippen LogP contribution in [0.25, 0.3) is 0 Å². The van der Waals surface area contributed by atoms with Gasteiger partial charge in [-0.2, -0.15) is 11.8 Å². The van der Waals surface area contributed by atoms with E-state index in [1.165, 1.54) is 77.1 Å². The molecule has 5 fully saturated rings. The summed E-state index contributed by atoms with van der Waals surface area (Å²) in [6, 6.07) is 0.659. The van der Waals surface area contributed by atoms with Crippen LogP contribution in [-0.2, 0) is 0 Å². The number of hydrogen-bond acceptors (Lipinski definition) is 4.